The molecule has 3 aromatic carbocycles. The number of amides is 3. The van der Waals surface area contributed by atoms with E-state index < -0.39 is 11.3 Å². The van der Waals surface area contributed by atoms with Gasteiger partial charge in [-0.25, -0.2) is 4.90 Å². The van der Waals surface area contributed by atoms with Crippen molar-refractivity contribution in [1.29, 1.82) is 0 Å². The summed E-state index contributed by atoms with van der Waals surface area (Å²) >= 11 is 0. The van der Waals surface area contributed by atoms with Gasteiger partial charge in [-0.2, -0.15) is 0 Å². The summed E-state index contributed by atoms with van der Waals surface area (Å²) in [5, 5.41) is 0. The van der Waals surface area contributed by atoms with Gasteiger partial charge in [-0.15, -0.1) is 0 Å². The number of nitrogens with zero attached hydrogens (tertiary/aromatic N) is 2. The van der Waals surface area contributed by atoms with Crippen molar-refractivity contribution in [2.45, 2.75) is 38.0 Å². The van der Waals surface area contributed by atoms with E-state index in [1.165, 1.54) is 4.90 Å². The Morgan fingerprint density at radius 2 is 1.33 bits per heavy atom. The molecule has 0 unspecified atom stereocenters. The van der Waals surface area contributed by atoms with Gasteiger partial charge in [0, 0.05) is 30.5 Å². The average Bonchev–Trinajstić information content (AvgIpc) is 3.14. The zero-order chi connectivity index (χ0) is 24.6. The van der Waals surface area contributed by atoms with Crippen LogP contribution in [0.4, 0.5) is 5.69 Å². The standard InChI is InChI=1S/C31H28N2O3/c1-31-26-23-11-5-3-9-21(23)25(22-10-4-6-12-24(22)26)27(31)29(35)33(30(31)36)20-15-13-19(14-16-20)28(34)32-17-7-2-8-18-32/h3-6,9-16,25-27H,2,7-8,17-18H2,1H3/t25?,26?,27-,31-/m0/s1. The van der Waals surface area contributed by atoms with E-state index in [1.54, 1.807) is 24.3 Å². The fraction of sp³-hybridized carbons (Fsp3) is 0.323. The van der Waals surface area contributed by atoms with Crippen molar-refractivity contribution in [3.8, 4) is 0 Å². The average molecular weight is 477 g/mol. The molecule has 0 saturated carbocycles. The van der Waals surface area contributed by atoms with Gasteiger partial charge in [0.15, 0.2) is 0 Å². The van der Waals surface area contributed by atoms with Crippen LogP contribution in [-0.2, 0) is 9.59 Å². The number of piperidine rings is 1. The highest BCUT2D eigenvalue weighted by Crippen LogP contribution is 2.67. The van der Waals surface area contributed by atoms with E-state index in [-0.39, 0.29) is 29.6 Å². The van der Waals surface area contributed by atoms with Crippen LogP contribution in [-0.4, -0.2) is 35.7 Å². The van der Waals surface area contributed by atoms with Crippen LogP contribution in [0.3, 0.4) is 0 Å². The Bertz CT molecular complexity index is 1370. The maximum atomic E-state index is 14.2. The highest BCUT2D eigenvalue weighted by atomic mass is 16.2. The van der Waals surface area contributed by atoms with Gasteiger partial charge in [-0.1, -0.05) is 48.5 Å². The van der Waals surface area contributed by atoms with Crippen molar-refractivity contribution < 1.29 is 14.4 Å². The minimum atomic E-state index is -0.854. The molecule has 180 valence electrons. The lowest BCUT2D eigenvalue weighted by atomic mass is 9.48. The Morgan fingerprint density at radius 3 is 1.92 bits per heavy atom. The first-order valence-electron chi connectivity index (χ1n) is 13.0. The number of hydrogen-bond acceptors (Lipinski definition) is 3. The Hall–Kier alpha value is -3.73. The summed E-state index contributed by atoms with van der Waals surface area (Å²) in [5.41, 5.74) is 4.93. The second-order valence-corrected chi connectivity index (χ2v) is 10.8. The predicted octanol–water partition coefficient (Wildman–Crippen LogP) is 5.10. The van der Waals surface area contributed by atoms with Gasteiger partial charge in [0.1, 0.15) is 0 Å². The van der Waals surface area contributed by atoms with Crippen LogP contribution in [0, 0.1) is 11.3 Å². The van der Waals surface area contributed by atoms with Gasteiger partial charge in [0.2, 0.25) is 11.8 Å². The SMILES string of the molecule is C[C@@]12C(=O)N(c3ccc(C(=O)N4CCCCC4)cc3)C(=O)[C@@H]1C1c3ccccc3C2c2ccccc21. The third kappa shape index (κ3) is 2.69. The van der Waals surface area contributed by atoms with Crippen LogP contribution < -0.4 is 4.90 Å². The molecule has 36 heavy (non-hydrogen) atoms. The van der Waals surface area contributed by atoms with Crippen molar-refractivity contribution in [3.63, 3.8) is 0 Å². The molecular formula is C31H28N2O3. The first-order chi connectivity index (χ1) is 17.5. The predicted molar refractivity (Wildman–Crippen MR) is 137 cm³/mol. The third-order valence-corrected chi connectivity index (χ3v) is 9.03. The minimum Gasteiger partial charge on any atom is -0.339 e. The highest BCUT2D eigenvalue weighted by molar-refractivity contribution is 6.25. The molecule has 8 rings (SSSR count). The topological polar surface area (TPSA) is 57.7 Å². The number of carbonyl (C=O) groups is 3. The van der Waals surface area contributed by atoms with E-state index in [9.17, 15) is 14.4 Å². The molecule has 3 amide bonds. The second-order valence-electron chi connectivity index (χ2n) is 10.8. The molecule has 0 N–H and O–H groups in total. The lowest BCUT2D eigenvalue weighted by Gasteiger charge is -2.51. The molecule has 2 aliphatic heterocycles. The van der Waals surface area contributed by atoms with Crippen LogP contribution in [0.25, 0.3) is 0 Å². The normalized spacial score (nSPS) is 28.1. The van der Waals surface area contributed by atoms with Crippen molar-refractivity contribution in [1.82, 2.24) is 4.90 Å². The number of benzene rings is 3. The molecule has 5 aliphatic rings. The largest absolute Gasteiger partial charge is 0.339 e. The second kappa shape index (κ2) is 7.63. The van der Waals surface area contributed by atoms with Gasteiger partial charge in [0.05, 0.1) is 17.0 Å². The number of carbonyl (C=O) groups excluding carboxylic acids is 3. The zero-order valence-corrected chi connectivity index (χ0v) is 20.3. The van der Waals surface area contributed by atoms with Gasteiger partial charge in [-0.05, 0) is 72.7 Å². The number of imide groups is 1. The highest BCUT2D eigenvalue weighted by Gasteiger charge is 2.68. The van der Waals surface area contributed by atoms with Crippen LogP contribution in [0.2, 0.25) is 0 Å². The van der Waals surface area contributed by atoms with E-state index in [0.29, 0.717) is 11.3 Å². The molecule has 2 saturated heterocycles. The summed E-state index contributed by atoms with van der Waals surface area (Å²) < 4.78 is 0. The summed E-state index contributed by atoms with van der Waals surface area (Å²) in [7, 11) is 0. The number of hydrogen-bond donors (Lipinski definition) is 0. The number of rotatable bonds is 2. The number of likely N-dealkylation sites (tertiary alicyclic amines) is 1. The van der Waals surface area contributed by atoms with Crippen molar-refractivity contribution in [2.24, 2.45) is 11.3 Å². The summed E-state index contributed by atoms with van der Waals surface area (Å²) in [4.78, 5) is 44.5. The lowest BCUT2D eigenvalue weighted by molar-refractivity contribution is -0.128. The van der Waals surface area contributed by atoms with Gasteiger partial charge >= 0.3 is 0 Å². The van der Waals surface area contributed by atoms with Crippen molar-refractivity contribution in [3.05, 3.63) is 101 Å². The molecule has 0 radical (unpaired) electrons. The molecule has 3 aromatic rings. The summed E-state index contributed by atoms with van der Waals surface area (Å²) in [6.07, 6.45) is 3.24. The number of anilines is 1. The maximum Gasteiger partial charge on any atom is 0.253 e. The molecule has 2 bridgehead atoms. The lowest BCUT2D eigenvalue weighted by Crippen LogP contribution is -2.49. The van der Waals surface area contributed by atoms with E-state index in [4.69, 9.17) is 0 Å². The Morgan fingerprint density at radius 1 is 0.778 bits per heavy atom. The summed E-state index contributed by atoms with van der Waals surface area (Å²) in [6.45, 7) is 3.55. The molecule has 2 fully saturated rings. The quantitative estimate of drug-likeness (QED) is 0.484. The van der Waals surface area contributed by atoms with Gasteiger partial charge in [0.25, 0.3) is 5.91 Å². The molecule has 3 aliphatic carbocycles. The van der Waals surface area contributed by atoms with E-state index >= 15 is 0 Å². The Balaban J connectivity index is 1.29. The third-order valence-electron chi connectivity index (χ3n) is 9.03. The smallest absolute Gasteiger partial charge is 0.253 e. The van der Waals surface area contributed by atoms with Crippen molar-refractivity contribution in [2.75, 3.05) is 18.0 Å². The summed E-state index contributed by atoms with van der Waals surface area (Å²) in [5.74, 6) is -1.03. The van der Waals surface area contributed by atoms with Crippen LogP contribution >= 0.6 is 0 Å². The first-order valence-corrected chi connectivity index (χ1v) is 13.0. The van der Waals surface area contributed by atoms with E-state index in [1.807, 2.05) is 36.1 Å². The molecule has 5 nitrogen and oxygen atoms in total. The van der Waals surface area contributed by atoms with Crippen LogP contribution in [0.1, 0.15) is 70.6 Å². The van der Waals surface area contributed by atoms with E-state index in [2.05, 4.69) is 24.3 Å². The molecule has 0 spiro atoms. The minimum absolute atomic E-state index is 0.0184. The molecular weight excluding hydrogens is 448 g/mol. The molecule has 2 heterocycles. The van der Waals surface area contributed by atoms with Gasteiger partial charge in [-0.3, -0.25) is 14.4 Å². The molecule has 2 atom stereocenters. The van der Waals surface area contributed by atoms with Gasteiger partial charge < -0.3 is 4.90 Å². The maximum absolute atomic E-state index is 14.2. The van der Waals surface area contributed by atoms with Crippen LogP contribution in [0.15, 0.2) is 72.8 Å². The Labute approximate surface area is 210 Å². The molecule has 5 heteroatoms. The summed E-state index contributed by atoms with van der Waals surface area (Å²) in [6, 6.07) is 23.6. The fourth-order valence-corrected chi connectivity index (χ4v) is 7.39. The monoisotopic (exact) mass is 476 g/mol. The molecule has 0 aromatic heterocycles. The van der Waals surface area contributed by atoms with Crippen LogP contribution in [0.5, 0.6) is 0 Å². The fourth-order valence-electron chi connectivity index (χ4n) is 7.39. The first kappa shape index (κ1) is 21.5. The zero-order valence-electron chi connectivity index (χ0n) is 20.3. The van der Waals surface area contributed by atoms with Crippen molar-refractivity contribution >= 4 is 23.4 Å². The van der Waals surface area contributed by atoms with E-state index in [0.717, 1.165) is 54.6 Å². The Kier molecular flexibility index (Phi) is 4.57.